The van der Waals surface area contributed by atoms with Gasteiger partial charge >= 0.3 is 0 Å². The number of hydrogen-bond acceptors (Lipinski definition) is 6. The Hall–Kier alpha value is -2.35. The van der Waals surface area contributed by atoms with E-state index < -0.39 is 0 Å². The molecule has 1 fully saturated rings. The van der Waals surface area contributed by atoms with E-state index in [0.717, 1.165) is 30.5 Å². The Labute approximate surface area is 146 Å². The minimum Gasteiger partial charge on any atom is -0.380 e. The van der Waals surface area contributed by atoms with Gasteiger partial charge in [0.05, 0.1) is 36.8 Å². The van der Waals surface area contributed by atoms with Crippen LogP contribution < -0.4 is 0 Å². The van der Waals surface area contributed by atoms with Gasteiger partial charge in [-0.25, -0.2) is 4.68 Å². The third kappa shape index (κ3) is 3.39. The molecule has 1 saturated carbocycles. The molecule has 1 amide bonds. The first-order valence-electron chi connectivity index (χ1n) is 8.82. The van der Waals surface area contributed by atoms with E-state index in [0.29, 0.717) is 25.3 Å². The van der Waals surface area contributed by atoms with Gasteiger partial charge in [0.15, 0.2) is 0 Å². The first-order chi connectivity index (χ1) is 12.3. The van der Waals surface area contributed by atoms with E-state index in [1.807, 2.05) is 4.68 Å². The molecule has 0 unspecified atom stereocenters. The molecule has 1 aliphatic heterocycles. The van der Waals surface area contributed by atoms with E-state index in [2.05, 4.69) is 27.4 Å². The maximum absolute atomic E-state index is 12.8. The van der Waals surface area contributed by atoms with Crippen LogP contribution in [0.3, 0.4) is 0 Å². The molecule has 25 heavy (non-hydrogen) atoms. The monoisotopic (exact) mass is 342 g/mol. The largest absolute Gasteiger partial charge is 0.380 e. The fraction of sp³-hybridized carbons (Fsp3) is 0.588. The number of carbonyl (C=O) groups excluding carboxylic acids is 1. The molecule has 3 heterocycles. The zero-order valence-corrected chi connectivity index (χ0v) is 14.3. The molecule has 0 saturated heterocycles. The van der Waals surface area contributed by atoms with Gasteiger partial charge in [-0.05, 0) is 31.7 Å². The predicted octanol–water partition coefficient (Wildman–Crippen LogP) is 1.25. The average Bonchev–Trinajstić information content (AvgIpc) is 3.38. The highest BCUT2D eigenvalue weighted by atomic mass is 16.5. The number of hydrogen-bond donors (Lipinski definition) is 0. The second-order valence-electron chi connectivity index (χ2n) is 6.73. The summed E-state index contributed by atoms with van der Waals surface area (Å²) < 4.78 is 7.85. The number of aryl methyl sites for hydroxylation is 1. The number of aromatic nitrogens is 5. The fourth-order valence-electron chi connectivity index (χ4n) is 3.29. The Morgan fingerprint density at radius 2 is 2.20 bits per heavy atom. The van der Waals surface area contributed by atoms with E-state index in [9.17, 15) is 4.79 Å². The highest BCUT2D eigenvalue weighted by Gasteiger charge is 2.33. The van der Waals surface area contributed by atoms with E-state index in [-0.39, 0.29) is 11.8 Å². The van der Waals surface area contributed by atoms with Crippen LogP contribution in [0.5, 0.6) is 0 Å². The van der Waals surface area contributed by atoms with Crippen molar-refractivity contribution in [3.63, 3.8) is 0 Å². The van der Waals surface area contributed by atoms with Gasteiger partial charge in [0.1, 0.15) is 5.69 Å². The highest BCUT2D eigenvalue weighted by molar-refractivity contribution is 5.93. The molecule has 4 rings (SSSR count). The molecule has 2 aromatic heterocycles. The van der Waals surface area contributed by atoms with Crippen molar-refractivity contribution in [2.24, 2.45) is 5.92 Å². The minimum absolute atomic E-state index is 0.0567. The molecule has 1 aliphatic carbocycles. The van der Waals surface area contributed by atoms with Crippen LogP contribution in [-0.4, -0.2) is 55.8 Å². The Morgan fingerprint density at radius 1 is 1.32 bits per heavy atom. The Morgan fingerprint density at radius 3 is 2.92 bits per heavy atom. The summed E-state index contributed by atoms with van der Waals surface area (Å²) in [6, 6.07) is 1.69. The van der Waals surface area contributed by atoms with Gasteiger partial charge < -0.3 is 9.64 Å². The summed E-state index contributed by atoms with van der Waals surface area (Å²) in [5.41, 5.74) is 2.51. The van der Waals surface area contributed by atoms with Crippen LogP contribution in [0.1, 0.15) is 47.4 Å². The third-order valence-corrected chi connectivity index (χ3v) is 4.80. The molecule has 0 aromatic carbocycles. The first kappa shape index (κ1) is 16.1. The molecule has 0 N–H and O–H groups in total. The van der Waals surface area contributed by atoms with E-state index in [4.69, 9.17) is 4.74 Å². The van der Waals surface area contributed by atoms with Crippen LogP contribution in [0.15, 0.2) is 18.5 Å². The lowest BCUT2D eigenvalue weighted by atomic mass is 9.98. The number of nitrogens with zero attached hydrogens (tertiary/aromatic N) is 6. The van der Waals surface area contributed by atoms with Gasteiger partial charge in [-0.1, -0.05) is 5.21 Å². The molecule has 0 spiro atoms. The first-order valence-corrected chi connectivity index (χ1v) is 8.82. The number of rotatable bonds is 6. The summed E-state index contributed by atoms with van der Waals surface area (Å²) in [5, 5.41) is 16.1. The molecule has 2 aliphatic rings. The van der Waals surface area contributed by atoms with Crippen LogP contribution in [0.25, 0.3) is 0 Å². The topological polar surface area (TPSA) is 86.0 Å². The highest BCUT2D eigenvalue weighted by Crippen LogP contribution is 2.31. The van der Waals surface area contributed by atoms with E-state index in [1.165, 1.54) is 25.2 Å². The average molecular weight is 342 g/mol. The fourth-order valence-corrected chi connectivity index (χ4v) is 3.29. The SMILES string of the molecule is CCn1nnc2c1[C@H](COCC1CC1)CN(C(=O)c1ccnnc1)C2. The smallest absolute Gasteiger partial charge is 0.255 e. The molecular formula is C17H22N6O2. The zero-order valence-electron chi connectivity index (χ0n) is 14.3. The van der Waals surface area contributed by atoms with Crippen molar-refractivity contribution in [1.82, 2.24) is 30.1 Å². The van der Waals surface area contributed by atoms with Crippen LogP contribution in [0, 0.1) is 5.92 Å². The van der Waals surface area contributed by atoms with E-state index in [1.54, 1.807) is 11.0 Å². The molecule has 2 aromatic rings. The lowest BCUT2D eigenvalue weighted by molar-refractivity contribution is 0.0616. The van der Waals surface area contributed by atoms with Crippen LogP contribution in [0.2, 0.25) is 0 Å². The molecular weight excluding hydrogens is 320 g/mol. The number of fused-ring (bicyclic) bond motifs is 1. The van der Waals surface area contributed by atoms with Crippen molar-refractivity contribution in [2.45, 2.75) is 38.8 Å². The second-order valence-corrected chi connectivity index (χ2v) is 6.73. The van der Waals surface area contributed by atoms with Crippen LogP contribution in [0.4, 0.5) is 0 Å². The summed E-state index contributed by atoms with van der Waals surface area (Å²) in [6.45, 7) is 5.29. The molecule has 1 atom stereocenters. The van der Waals surface area contributed by atoms with Gasteiger partial charge in [0.25, 0.3) is 5.91 Å². The van der Waals surface area contributed by atoms with Crippen molar-refractivity contribution in [3.8, 4) is 0 Å². The van der Waals surface area contributed by atoms with Crippen LogP contribution >= 0.6 is 0 Å². The number of amides is 1. The van der Waals surface area contributed by atoms with Gasteiger partial charge in [0.2, 0.25) is 0 Å². The maximum atomic E-state index is 12.8. The summed E-state index contributed by atoms with van der Waals surface area (Å²) in [7, 11) is 0. The summed E-state index contributed by atoms with van der Waals surface area (Å²) in [4.78, 5) is 14.6. The van der Waals surface area contributed by atoms with Crippen molar-refractivity contribution in [3.05, 3.63) is 35.4 Å². The number of ether oxygens (including phenoxy) is 1. The Kier molecular flexibility index (Phi) is 4.44. The van der Waals surface area contributed by atoms with Crippen LogP contribution in [-0.2, 0) is 17.8 Å². The summed E-state index contributed by atoms with van der Waals surface area (Å²) in [6.07, 6.45) is 5.57. The standard InChI is InChI=1S/C17H22N6O2/c1-2-23-16-14(11-25-10-12-3-4-12)8-22(9-15(16)20-21-23)17(24)13-5-6-18-19-7-13/h5-7,12,14H,2-4,8-11H2,1H3/t14-/m0/s1. The minimum atomic E-state index is -0.0567. The zero-order chi connectivity index (χ0) is 17.2. The Bertz CT molecular complexity index is 743. The van der Waals surface area contributed by atoms with Crippen molar-refractivity contribution in [2.75, 3.05) is 19.8 Å². The third-order valence-electron chi connectivity index (χ3n) is 4.80. The maximum Gasteiger partial charge on any atom is 0.255 e. The number of carbonyl (C=O) groups is 1. The van der Waals surface area contributed by atoms with Crippen molar-refractivity contribution < 1.29 is 9.53 Å². The summed E-state index contributed by atoms with van der Waals surface area (Å²) in [5.74, 6) is 0.757. The molecule has 0 bridgehead atoms. The lowest BCUT2D eigenvalue weighted by Crippen LogP contribution is -2.40. The molecule has 0 radical (unpaired) electrons. The second kappa shape index (κ2) is 6.87. The normalized spacial score (nSPS) is 19.7. The Balaban J connectivity index is 1.54. The van der Waals surface area contributed by atoms with Gasteiger partial charge in [0, 0.05) is 25.6 Å². The van der Waals surface area contributed by atoms with Gasteiger partial charge in [-0.2, -0.15) is 10.2 Å². The molecule has 132 valence electrons. The quantitative estimate of drug-likeness (QED) is 0.785. The van der Waals surface area contributed by atoms with Gasteiger partial charge in [-0.3, -0.25) is 4.79 Å². The van der Waals surface area contributed by atoms with Crippen molar-refractivity contribution >= 4 is 5.91 Å². The lowest BCUT2D eigenvalue weighted by Gasteiger charge is -2.32. The molecule has 8 nitrogen and oxygen atoms in total. The molecule has 8 heteroatoms. The van der Waals surface area contributed by atoms with E-state index >= 15 is 0 Å². The predicted molar refractivity (Wildman–Crippen MR) is 88.8 cm³/mol. The van der Waals surface area contributed by atoms with Gasteiger partial charge in [-0.15, -0.1) is 5.10 Å². The summed E-state index contributed by atoms with van der Waals surface area (Å²) >= 11 is 0. The van der Waals surface area contributed by atoms with Crippen molar-refractivity contribution in [1.29, 1.82) is 0 Å².